The van der Waals surface area contributed by atoms with Crippen LogP contribution < -0.4 is 40.5 Å². The largest absolute Gasteiger partial charge is 1.00 e. The fourth-order valence-electron chi connectivity index (χ4n) is 1.04. The number of aromatic amines is 1. The molecule has 0 unspecified atom stereocenters. The van der Waals surface area contributed by atoms with Crippen molar-refractivity contribution in [2.75, 3.05) is 0 Å². The van der Waals surface area contributed by atoms with Gasteiger partial charge in [0.25, 0.3) is 5.43 Å². The normalized spacial score (nSPS) is 9.79. The van der Waals surface area contributed by atoms with Crippen molar-refractivity contribution in [3.8, 4) is 0 Å². The maximum Gasteiger partial charge on any atom is 1.00 e. The molecule has 68 valence electrons. The predicted molar refractivity (Wildman–Crippen MR) is 51.9 cm³/mol. The van der Waals surface area contributed by atoms with Gasteiger partial charge in [-0.25, -0.2) is 0 Å². The molecule has 0 spiro atoms. The van der Waals surface area contributed by atoms with E-state index < -0.39 is 11.0 Å². The molecule has 0 aliphatic rings. The summed E-state index contributed by atoms with van der Waals surface area (Å²) in [5.74, 6) is 0. The molecule has 1 aromatic heterocycles. The second-order valence-corrected chi connectivity index (χ2v) is 3.42. The Morgan fingerprint density at radius 3 is 2.79 bits per heavy atom. The van der Waals surface area contributed by atoms with Gasteiger partial charge in [-0.3, -0.25) is 9.59 Å². The fraction of sp³-hybridized carbons (Fsp3) is 0. The van der Waals surface area contributed by atoms with Gasteiger partial charge in [0.2, 0.25) is 0 Å². The van der Waals surface area contributed by atoms with Gasteiger partial charge in [0.15, 0.2) is 5.58 Å². The SMILES string of the molecule is O=c1[nH]oc2ccc(Br)cc2c1=O.[H-].[Na+]. The standard InChI is InChI=1S/C8H4BrNO3.Na.H/c9-4-1-2-6-5(3-4)7(11)8(12)10-13-6;;/h1-3H,(H,10,12);;/q;+1;-1. The monoisotopic (exact) mass is 265 g/mol. The van der Waals surface area contributed by atoms with E-state index in [2.05, 4.69) is 15.9 Å². The van der Waals surface area contributed by atoms with E-state index in [4.69, 9.17) is 4.52 Å². The molecule has 0 fully saturated rings. The number of halogens is 1. The van der Waals surface area contributed by atoms with E-state index in [1.54, 1.807) is 18.2 Å². The van der Waals surface area contributed by atoms with E-state index >= 15 is 0 Å². The van der Waals surface area contributed by atoms with Crippen LogP contribution in [-0.2, 0) is 0 Å². The van der Waals surface area contributed by atoms with Gasteiger partial charge < -0.3 is 5.95 Å². The predicted octanol–water partition coefficient (Wildman–Crippen LogP) is -1.64. The minimum absolute atomic E-state index is 0. The summed E-state index contributed by atoms with van der Waals surface area (Å²) in [5.41, 5.74) is -0.957. The zero-order valence-corrected chi connectivity index (χ0v) is 10.9. The van der Waals surface area contributed by atoms with Crippen molar-refractivity contribution < 1.29 is 35.5 Å². The molecule has 6 heteroatoms. The Morgan fingerprint density at radius 2 is 2.07 bits per heavy atom. The Labute approximate surface area is 110 Å². The number of hydrogen-bond donors (Lipinski definition) is 1. The number of H-pyrrole nitrogens is 1. The first-order chi connectivity index (χ1) is 6.18. The Morgan fingerprint density at radius 1 is 1.36 bits per heavy atom. The molecule has 14 heavy (non-hydrogen) atoms. The molecule has 2 aromatic rings. The molecular weight excluding hydrogens is 261 g/mol. The van der Waals surface area contributed by atoms with Gasteiger partial charge in [-0.2, -0.15) is 5.16 Å². The second kappa shape index (κ2) is 4.44. The third-order valence-electron chi connectivity index (χ3n) is 1.65. The minimum Gasteiger partial charge on any atom is -1.00 e. The average Bonchev–Trinajstić information content (AvgIpc) is 2.12. The maximum absolute atomic E-state index is 11.3. The molecule has 0 atom stereocenters. The van der Waals surface area contributed by atoms with E-state index in [0.717, 1.165) is 4.47 Å². The molecule has 4 nitrogen and oxygen atoms in total. The van der Waals surface area contributed by atoms with Crippen LogP contribution in [0.4, 0.5) is 0 Å². The summed E-state index contributed by atoms with van der Waals surface area (Å²) in [7, 11) is 0. The van der Waals surface area contributed by atoms with Crippen LogP contribution in [0.2, 0.25) is 0 Å². The van der Waals surface area contributed by atoms with Gasteiger partial charge in [0.05, 0.1) is 5.39 Å². The summed E-state index contributed by atoms with van der Waals surface area (Å²) < 4.78 is 5.55. The Hall–Kier alpha value is -0.360. The Kier molecular flexibility index (Phi) is 3.71. The van der Waals surface area contributed by atoms with Crippen LogP contribution in [0.15, 0.2) is 36.8 Å². The molecule has 1 N–H and O–H groups in total. The van der Waals surface area contributed by atoms with E-state index in [-0.39, 0.29) is 36.4 Å². The molecule has 0 radical (unpaired) electrons. The number of aromatic nitrogens is 1. The molecule has 0 amide bonds. The first kappa shape index (κ1) is 11.7. The first-order valence-electron chi connectivity index (χ1n) is 3.49. The van der Waals surface area contributed by atoms with Crippen molar-refractivity contribution in [2.24, 2.45) is 0 Å². The van der Waals surface area contributed by atoms with E-state index in [9.17, 15) is 9.59 Å². The molecule has 0 aliphatic carbocycles. The van der Waals surface area contributed by atoms with Gasteiger partial charge in [-0.1, -0.05) is 15.9 Å². The van der Waals surface area contributed by atoms with E-state index in [1.165, 1.54) is 0 Å². The molecule has 2 rings (SSSR count). The Bertz CT molecular complexity index is 580. The Balaban J connectivity index is 0.000000980. The van der Waals surface area contributed by atoms with Crippen molar-refractivity contribution in [1.82, 2.24) is 5.16 Å². The van der Waals surface area contributed by atoms with Crippen LogP contribution >= 0.6 is 15.9 Å². The number of rotatable bonds is 0. The van der Waals surface area contributed by atoms with Gasteiger partial charge in [-0.05, 0) is 18.2 Å². The summed E-state index contributed by atoms with van der Waals surface area (Å²) in [4.78, 5) is 22.1. The van der Waals surface area contributed by atoms with Gasteiger partial charge in [0.1, 0.15) is 0 Å². The van der Waals surface area contributed by atoms with Crippen LogP contribution in [0.5, 0.6) is 0 Å². The van der Waals surface area contributed by atoms with Crippen LogP contribution in [0.25, 0.3) is 11.0 Å². The number of nitrogens with one attached hydrogen (secondary N) is 1. The topological polar surface area (TPSA) is 63.1 Å². The van der Waals surface area contributed by atoms with Crippen LogP contribution in [-0.4, -0.2) is 5.16 Å². The van der Waals surface area contributed by atoms with Gasteiger partial charge in [0, 0.05) is 4.47 Å². The third kappa shape index (κ3) is 2.00. The van der Waals surface area contributed by atoms with Gasteiger partial charge in [-0.15, -0.1) is 0 Å². The van der Waals surface area contributed by atoms with Gasteiger partial charge >= 0.3 is 35.1 Å². The molecule has 0 aliphatic heterocycles. The molecular formula is C8H5BrNNaO3. The molecule has 0 bridgehead atoms. The number of fused-ring (bicyclic) bond motifs is 1. The third-order valence-corrected chi connectivity index (χ3v) is 2.14. The molecule has 1 aromatic carbocycles. The van der Waals surface area contributed by atoms with Crippen LogP contribution in [0, 0.1) is 0 Å². The van der Waals surface area contributed by atoms with Crippen LogP contribution in [0.3, 0.4) is 0 Å². The summed E-state index contributed by atoms with van der Waals surface area (Å²) in [5, 5.41) is 2.28. The summed E-state index contributed by atoms with van der Waals surface area (Å²) in [6.45, 7) is 0. The average molecular weight is 266 g/mol. The zero-order chi connectivity index (χ0) is 9.42. The van der Waals surface area contributed by atoms with Crippen molar-refractivity contribution in [2.45, 2.75) is 0 Å². The number of hydrogen-bond acceptors (Lipinski definition) is 3. The zero-order valence-electron chi connectivity index (χ0n) is 8.33. The molecule has 0 saturated carbocycles. The first-order valence-corrected chi connectivity index (χ1v) is 4.29. The van der Waals surface area contributed by atoms with Crippen molar-refractivity contribution >= 4 is 26.9 Å². The fourth-order valence-corrected chi connectivity index (χ4v) is 1.40. The minimum atomic E-state index is -0.745. The summed E-state index contributed by atoms with van der Waals surface area (Å²) in [6, 6.07) is 4.89. The quantitative estimate of drug-likeness (QED) is 0.459. The second-order valence-electron chi connectivity index (χ2n) is 2.50. The molecule has 0 saturated heterocycles. The van der Waals surface area contributed by atoms with Crippen molar-refractivity contribution in [3.63, 3.8) is 0 Å². The maximum atomic E-state index is 11.3. The summed E-state index contributed by atoms with van der Waals surface area (Å²) in [6.07, 6.45) is 0. The molecule has 1 heterocycles. The van der Waals surface area contributed by atoms with E-state index in [0.29, 0.717) is 5.58 Å². The number of benzene rings is 1. The smallest absolute Gasteiger partial charge is 1.00 e. The van der Waals surface area contributed by atoms with E-state index in [1.807, 2.05) is 5.16 Å². The van der Waals surface area contributed by atoms with Crippen molar-refractivity contribution in [1.29, 1.82) is 0 Å². The van der Waals surface area contributed by atoms with Crippen molar-refractivity contribution in [3.05, 3.63) is 43.2 Å². The summed E-state index contributed by atoms with van der Waals surface area (Å²) >= 11 is 3.20. The van der Waals surface area contributed by atoms with Crippen LogP contribution in [0.1, 0.15) is 1.43 Å².